The lowest BCUT2D eigenvalue weighted by molar-refractivity contribution is -0.141. The second-order valence-electron chi connectivity index (χ2n) is 9.12. The Morgan fingerprint density at radius 1 is 1.00 bits per heavy atom. The fourth-order valence-corrected chi connectivity index (χ4v) is 5.10. The number of nitrogens with one attached hydrogen (secondary N) is 1. The molecule has 1 aromatic carbocycles. The van der Waals surface area contributed by atoms with Crippen molar-refractivity contribution in [1.82, 2.24) is 25.3 Å². The van der Waals surface area contributed by atoms with E-state index in [-0.39, 0.29) is 24.2 Å². The van der Waals surface area contributed by atoms with E-state index in [1.54, 1.807) is 0 Å². The van der Waals surface area contributed by atoms with Gasteiger partial charge in [-0.25, -0.2) is 4.79 Å². The van der Waals surface area contributed by atoms with Crippen LogP contribution in [0.15, 0.2) is 42.5 Å². The van der Waals surface area contributed by atoms with Crippen molar-refractivity contribution in [2.45, 2.75) is 50.1 Å². The van der Waals surface area contributed by atoms with Crippen molar-refractivity contribution < 1.29 is 18.0 Å². The van der Waals surface area contributed by atoms with E-state index in [1.165, 1.54) is 11.6 Å². The van der Waals surface area contributed by atoms with E-state index in [0.29, 0.717) is 18.9 Å². The van der Waals surface area contributed by atoms with Crippen LogP contribution >= 0.6 is 0 Å². The SMILES string of the molecule is O=C(NC1CCN(Cc2ccccc2)CC1)N1C2CC1CN(c1ccc(C(F)(F)F)nn1)C2. The van der Waals surface area contributed by atoms with Crippen molar-refractivity contribution in [2.75, 3.05) is 31.1 Å². The Hall–Kier alpha value is -2.88. The number of hydrogen-bond donors (Lipinski definition) is 1. The maximum atomic E-state index is 12.9. The summed E-state index contributed by atoms with van der Waals surface area (Å²) in [7, 11) is 0. The Morgan fingerprint density at radius 2 is 1.70 bits per heavy atom. The number of likely N-dealkylation sites (tertiary alicyclic amines) is 1. The minimum Gasteiger partial charge on any atom is -0.351 e. The number of piperidine rings is 2. The van der Waals surface area contributed by atoms with E-state index in [9.17, 15) is 18.0 Å². The Bertz CT molecular complexity index is 950. The van der Waals surface area contributed by atoms with Gasteiger partial charge in [-0.1, -0.05) is 30.3 Å². The average molecular weight is 461 g/mol. The van der Waals surface area contributed by atoms with Crippen molar-refractivity contribution >= 4 is 11.8 Å². The molecule has 1 N–H and O–H groups in total. The van der Waals surface area contributed by atoms with Gasteiger partial charge >= 0.3 is 12.2 Å². The van der Waals surface area contributed by atoms with Crippen LogP contribution in [0.5, 0.6) is 0 Å². The maximum Gasteiger partial charge on any atom is 0.435 e. The van der Waals surface area contributed by atoms with Gasteiger partial charge in [-0.3, -0.25) is 4.90 Å². The third-order valence-corrected chi connectivity index (χ3v) is 6.86. The molecule has 0 saturated carbocycles. The second kappa shape index (κ2) is 8.81. The first-order valence-electron chi connectivity index (χ1n) is 11.4. The first-order valence-corrected chi connectivity index (χ1v) is 11.4. The van der Waals surface area contributed by atoms with E-state index in [1.807, 2.05) is 15.9 Å². The maximum absolute atomic E-state index is 12.9. The predicted octanol–water partition coefficient (Wildman–Crippen LogP) is 3.13. The fourth-order valence-electron chi connectivity index (χ4n) is 5.10. The van der Waals surface area contributed by atoms with Gasteiger partial charge in [0.25, 0.3) is 0 Å². The number of hydrogen-bond acceptors (Lipinski definition) is 5. The van der Waals surface area contributed by atoms with Gasteiger partial charge in [-0.15, -0.1) is 10.2 Å². The largest absolute Gasteiger partial charge is 0.435 e. The number of carbonyl (C=O) groups excluding carboxylic acids is 1. The normalized spacial score (nSPS) is 23.8. The van der Waals surface area contributed by atoms with Crippen molar-refractivity contribution in [3.8, 4) is 0 Å². The second-order valence-corrected chi connectivity index (χ2v) is 9.12. The zero-order valence-corrected chi connectivity index (χ0v) is 18.2. The standard InChI is InChI=1S/C23H27F3N6O/c24-23(25,26)20-6-7-21(29-28-20)31-14-18-12-19(15-31)32(18)22(33)27-17-8-10-30(11-9-17)13-16-4-2-1-3-5-16/h1-7,17-19H,8-15H2,(H,27,33). The number of alkyl halides is 3. The molecule has 4 saturated heterocycles. The van der Waals surface area contributed by atoms with Crippen LogP contribution in [-0.4, -0.2) is 70.3 Å². The van der Waals surface area contributed by atoms with Crippen LogP contribution in [0.1, 0.15) is 30.5 Å². The molecule has 176 valence electrons. The van der Waals surface area contributed by atoms with Gasteiger partial charge in [0.15, 0.2) is 11.5 Å². The molecule has 2 aromatic rings. The minimum absolute atomic E-state index is 0.0316. The van der Waals surface area contributed by atoms with Crippen LogP contribution in [0.25, 0.3) is 0 Å². The molecule has 2 bridgehead atoms. The number of rotatable bonds is 4. The van der Waals surface area contributed by atoms with Crippen LogP contribution < -0.4 is 10.2 Å². The molecule has 33 heavy (non-hydrogen) atoms. The summed E-state index contributed by atoms with van der Waals surface area (Å²) in [6.07, 6.45) is -1.74. The highest BCUT2D eigenvalue weighted by atomic mass is 19.4. The van der Waals surface area contributed by atoms with E-state index in [4.69, 9.17) is 0 Å². The van der Waals surface area contributed by atoms with Gasteiger partial charge in [0.05, 0.1) is 12.1 Å². The monoisotopic (exact) mass is 460 g/mol. The van der Waals surface area contributed by atoms with Crippen molar-refractivity contribution in [2.24, 2.45) is 0 Å². The summed E-state index contributed by atoms with van der Waals surface area (Å²) >= 11 is 0. The van der Waals surface area contributed by atoms with Gasteiger partial charge in [-0.2, -0.15) is 13.2 Å². The highest BCUT2D eigenvalue weighted by Gasteiger charge is 2.48. The van der Waals surface area contributed by atoms with Gasteiger partial charge in [0.1, 0.15) is 0 Å². The lowest BCUT2D eigenvalue weighted by Crippen LogP contribution is -2.72. The number of benzene rings is 1. The first-order chi connectivity index (χ1) is 15.9. The Morgan fingerprint density at radius 3 is 2.30 bits per heavy atom. The molecule has 4 fully saturated rings. The quantitative estimate of drug-likeness (QED) is 0.760. The summed E-state index contributed by atoms with van der Waals surface area (Å²) in [6, 6.07) is 12.9. The van der Waals surface area contributed by atoms with Crippen LogP contribution in [0.3, 0.4) is 0 Å². The minimum atomic E-state index is -4.50. The number of piperazine rings is 1. The lowest BCUT2D eigenvalue weighted by atomic mass is 9.87. The zero-order chi connectivity index (χ0) is 23.0. The third-order valence-electron chi connectivity index (χ3n) is 6.86. The smallest absolute Gasteiger partial charge is 0.351 e. The Labute approximate surface area is 190 Å². The number of halogens is 3. The van der Waals surface area contributed by atoms with Gasteiger partial charge in [-0.05, 0) is 37.0 Å². The van der Waals surface area contributed by atoms with E-state index in [0.717, 1.165) is 45.0 Å². The number of amides is 2. The molecule has 2 amide bonds. The van der Waals surface area contributed by atoms with Crippen molar-refractivity contribution in [1.29, 1.82) is 0 Å². The van der Waals surface area contributed by atoms with Crippen molar-refractivity contribution in [3.63, 3.8) is 0 Å². The average Bonchev–Trinajstić information content (AvgIpc) is 2.80. The van der Waals surface area contributed by atoms with Gasteiger partial charge < -0.3 is 15.1 Å². The van der Waals surface area contributed by atoms with Crippen molar-refractivity contribution in [3.05, 3.63) is 53.7 Å². The third kappa shape index (κ3) is 4.75. The molecule has 0 radical (unpaired) electrons. The molecule has 0 spiro atoms. The van der Waals surface area contributed by atoms with Gasteiger partial charge in [0.2, 0.25) is 0 Å². The zero-order valence-electron chi connectivity index (χ0n) is 18.2. The molecular formula is C23H27F3N6O. The molecule has 4 aliphatic rings. The molecule has 0 aliphatic carbocycles. The fraction of sp³-hybridized carbons (Fsp3) is 0.522. The summed E-state index contributed by atoms with van der Waals surface area (Å²) in [5, 5.41) is 10.3. The molecule has 4 aliphatic heterocycles. The molecular weight excluding hydrogens is 433 g/mol. The summed E-state index contributed by atoms with van der Waals surface area (Å²) in [5.74, 6) is 0.420. The first kappa shape index (κ1) is 21.9. The number of aromatic nitrogens is 2. The Kier molecular flexibility index (Phi) is 5.86. The Balaban J connectivity index is 1.10. The summed E-state index contributed by atoms with van der Waals surface area (Å²) < 4.78 is 38.1. The highest BCUT2D eigenvalue weighted by molar-refractivity contribution is 5.77. The van der Waals surface area contributed by atoms with Crippen LogP contribution in [0, 0.1) is 0 Å². The molecule has 1 aromatic heterocycles. The summed E-state index contributed by atoms with van der Waals surface area (Å²) in [6.45, 7) is 3.94. The van der Waals surface area contributed by atoms with E-state index in [2.05, 4.69) is 44.7 Å². The molecule has 10 heteroatoms. The topological polar surface area (TPSA) is 64.6 Å². The lowest BCUT2D eigenvalue weighted by Gasteiger charge is -2.56. The number of anilines is 1. The molecule has 6 rings (SSSR count). The predicted molar refractivity (Wildman–Crippen MR) is 117 cm³/mol. The van der Waals surface area contributed by atoms with E-state index < -0.39 is 11.9 Å². The highest BCUT2D eigenvalue weighted by Crippen LogP contribution is 2.35. The molecule has 7 nitrogen and oxygen atoms in total. The summed E-state index contributed by atoms with van der Waals surface area (Å²) in [4.78, 5) is 19.1. The molecule has 5 heterocycles. The number of nitrogens with zero attached hydrogens (tertiary/aromatic N) is 5. The molecule has 2 unspecified atom stereocenters. The number of fused-ring (bicyclic) bond motifs is 2. The van der Waals surface area contributed by atoms with Crippen LogP contribution in [-0.2, 0) is 12.7 Å². The van der Waals surface area contributed by atoms with Gasteiger partial charge in [0, 0.05) is 38.8 Å². The van der Waals surface area contributed by atoms with Crippen LogP contribution in [0.4, 0.5) is 23.8 Å². The molecule has 2 atom stereocenters. The van der Waals surface area contributed by atoms with E-state index >= 15 is 0 Å². The summed E-state index contributed by atoms with van der Waals surface area (Å²) in [5.41, 5.74) is 0.305. The number of urea groups is 1. The van der Waals surface area contributed by atoms with Crippen LogP contribution in [0.2, 0.25) is 0 Å². The number of carbonyl (C=O) groups is 1.